The van der Waals surface area contributed by atoms with E-state index in [0.29, 0.717) is 24.1 Å². The van der Waals surface area contributed by atoms with Gasteiger partial charge < -0.3 is 24.5 Å². The number of hydrogen-bond acceptors (Lipinski definition) is 12. The lowest BCUT2D eigenvalue weighted by Crippen LogP contribution is -2.41. The highest BCUT2D eigenvalue weighted by Gasteiger charge is 2.46. The van der Waals surface area contributed by atoms with Crippen molar-refractivity contribution in [2.24, 2.45) is 0 Å². The first-order chi connectivity index (χ1) is 22.8. The van der Waals surface area contributed by atoms with Crippen molar-refractivity contribution in [1.29, 1.82) is 5.26 Å². The first-order valence-electron chi connectivity index (χ1n) is 16.1. The van der Waals surface area contributed by atoms with Gasteiger partial charge in [-0.2, -0.15) is 15.4 Å². The van der Waals surface area contributed by atoms with E-state index in [4.69, 9.17) is 29.0 Å². The number of nitrogens with two attached hydrogens (primary N) is 1. The number of nitrogens with zero attached hydrogens (tertiary/aromatic N) is 4. The number of fused-ring (bicyclic) bond motifs is 1. The average Bonchev–Trinajstić information content (AvgIpc) is 3.89. The van der Waals surface area contributed by atoms with Crippen LogP contribution in [0.2, 0.25) is 0 Å². The standard InChI is InChI=1S/C32H39N6O8P/c33-20-32(28-15-14-27-30(34)35-21-36-38(27)28)17-16-25(45-32)19-42-47(41,46-24-12-2-1-3-13-24)37-26(31(40)44-23-10-6-7-11-23)18-29(39)43-22-8-4-5-9-22/h1-3,12-15,21-23,25-26H,4-11,16-19H2,(H,37,41)(H2,34,35,36)/t25-,26+,32+,47-/m1/s1. The van der Waals surface area contributed by atoms with Gasteiger partial charge in [0.1, 0.15) is 41.9 Å². The highest BCUT2D eigenvalue weighted by atomic mass is 31.2. The molecule has 3 aromatic rings. The second-order valence-corrected chi connectivity index (χ2v) is 13.9. The smallest absolute Gasteiger partial charge is 0.459 e. The van der Waals surface area contributed by atoms with Gasteiger partial charge >= 0.3 is 19.7 Å². The number of ether oxygens (including phenoxy) is 3. The molecule has 15 heteroatoms. The molecule has 3 heterocycles. The third kappa shape index (κ3) is 7.76. The Balaban J connectivity index is 1.20. The number of nitriles is 1. The number of carbonyl (C=O) groups excluding carboxylic acids is 2. The molecule has 47 heavy (non-hydrogen) atoms. The number of nitrogen functional groups attached to an aromatic ring is 1. The van der Waals surface area contributed by atoms with Crippen LogP contribution in [0, 0.1) is 11.3 Å². The van der Waals surface area contributed by atoms with Gasteiger partial charge in [-0.1, -0.05) is 18.2 Å². The summed E-state index contributed by atoms with van der Waals surface area (Å²) < 4.78 is 45.3. The first-order valence-corrected chi connectivity index (χ1v) is 17.6. The van der Waals surface area contributed by atoms with E-state index in [0.717, 1.165) is 51.4 Å². The van der Waals surface area contributed by atoms with Crippen molar-refractivity contribution in [1.82, 2.24) is 19.7 Å². The highest BCUT2D eigenvalue weighted by molar-refractivity contribution is 7.52. The van der Waals surface area contributed by atoms with Crippen LogP contribution in [-0.4, -0.2) is 57.5 Å². The molecular formula is C32H39N6O8P. The van der Waals surface area contributed by atoms with Crippen molar-refractivity contribution < 1.29 is 37.4 Å². The summed E-state index contributed by atoms with van der Waals surface area (Å²) in [7, 11) is -4.36. The molecule has 1 saturated heterocycles. The zero-order valence-corrected chi connectivity index (χ0v) is 26.9. The maximum absolute atomic E-state index is 14.4. The Kier molecular flexibility index (Phi) is 10.1. The first kappa shape index (κ1) is 32.9. The highest BCUT2D eigenvalue weighted by Crippen LogP contribution is 2.47. The van der Waals surface area contributed by atoms with Crippen molar-refractivity contribution in [3.63, 3.8) is 0 Å². The Hall–Kier alpha value is -4.02. The summed E-state index contributed by atoms with van der Waals surface area (Å²) in [4.78, 5) is 30.4. The van der Waals surface area contributed by atoms with E-state index < -0.39 is 43.9 Å². The van der Waals surface area contributed by atoms with Gasteiger partial charge in [0, 0.05) is 0 Å². The molecule has 6 rings (SSSR count). The third-order valence-electron chi connectivity index (χ3n) is 8.82. The Morgan fingerprint density at radius 1 is 1.06 bits per heavy atom. The van der Waals surface area contributed by atoms with E-state index in [-0.39, 0.29) is 30.4 Å². The molecule has 250 valence electrons. The molecule has 1 aromatic carbocycles. The lowest BCUT2D eigenvalue weighted by atomic mass is 9.98. The number of anilines is 1. The SMILES string of the molecule is N#C[C@]1(c2ccc3c(N)ncnn23)CC[C@H](CO[P@](=O)(N[C@@H](CC(=O)OC2CCCC2)C(=O)OC2CCCC2)Oc2ccccc2)O1. The quantitative estimate of drug-likeness (QED) is 0.188. The molecule has 2 aromatic heterocycles. The minimum absolute atomic E-state index is 0.210. The molecule has 2 saturated carbocycles. The van der Waals surface area contributed by atoms with Gasteiger partial charge in [-0.05, 0) is 88.5 Å². The summed E-state index contributed by atoms with van der Waals surface area (Å²) in [5, 5.41) is 17.2. The van der Waals surface area contributed by atoms with E-state index in [9.17, 15) is 19.4 Å². The van der Waals surface area contributed by atoms with Gasteiger partial charge in [-0.25, -0.2) is 14.1 Å². The minimum Gasteiger partial charge on any atom is -0.462 e. The van der Waals surface area contributed by atoms with Crippen LogP contribution in [0.5, 0.6) is 5.75 Å². The summed E-state index contributed by atoms with van der Waals surface area (Å²) >= 11 is 0. The molecule has 0 unspecified atom stereocenters. The predicted octanol–water partition coefficient (Wildman–Crippen LogP) is 4.73. The van der Waals surface area contributed by atoms with Gasteiger partial charge in [0.2, 0.25) is 0 Å². The second-order valence-electron chi connectivity index (χ2n) is 12.2. The fourth-order valence-electron chi connectivity index (χ4n) is 6.39. The van der Waals surface area contributed by atoms with E-state index >= 15 is 0 Å². The van der Waals surface area contributed by atoms with Crippen molar-refractivity contribution in [3.8, 4) is 11.8 Å². The second kappa shape index (κ2) is 14.4. The zero-order valence-electron chi connectivity index (χ0n) is 26.0. The molecule has 0 spiro atoms. The molecule has 0 radical (unpaired) electrons. The van der Waals surface area contributed by atoms with Crippen LogP contribution < -0.4 is 15.3 Å². The zero-order chi connectivity index (χ0) is 32.9. The van der Waals surface area contributed by atoms with E-state index in [1.165, 1.54) is 10.8 Å². The Morgan fingerprint density at radius 3 is 2.47 bits per heavy atom. The van der Waals surface area contributed by atoms with Crippen LogP contribution in [0.4, 0.5) is 5.82 Å². The third-order valence-corrected chi connectivity index (χ3v) is 10.4. The largest absolute Gasteiger partial charge is 0.462 e. The van der Waals surface area contributed by atoms with Crippen LogP contribution in [0.1, 0.15) is 76.3 Å². The van der Waals surface area contributed by atoms with Gasteiger partial charge in [0.15, 0.2) is 11.4 Å². The van der Waals surface area contributed by atoms with E-state index in [2.05, 4.69) is 21.2 Å². The molecule has 3 fully saturated rings. The van der Waals surface area contributed by atoms with E-state index in [1.54, 1.807) is 42.5 Å². The predicted molar refractivity (Wildman–Crippen MR) is 168 cm³/mol. The van der Waals surface area contributed by atoms with Crippen LogP contribution in [0.3, 0.4) is 0 Å². The van der Waals surface area contributed by atoms with Crippen LogP contribution in [-0.2, 0) is 38.5 Å². The van der Waals surface area contributed by atoms with Crippen molar-refractivity contribution in [2.75, 3.05) is 12.3 Å². The number of para-hydroxylation sites is 1. The average molecular weight is 667 g/mol. The van der Waals surface area contributed by atoms with Crippen molar-refractivity contribution in [2.45, 2.75) is 101 Å². The summed E-state index contributed by atoms with van der Waals surface area (Å²) in [6.45, 7) is -0.252. The monoisotopic (exact) mass is 666 g/mol. The number of nitrogens with one attached hydrogen (secondary N) is 1. The fraction of sp³-hybridized carbons (Fsp3) is 0.531. The molecule has 3 N–H and O–H groups in total. The molecule has 0 amide bonds. The maximum Gasteiger partial charge on any atom is 0.459 e. The Morgan fingerprint density at radius 2 is 1.77 bits per heavy atom. The van der Waals surface area contributed by atoms with Crippen molar-refractivity contribution >= 4 is 31.0 Å². The summed E-state index contributed by atoms with van der Waals surface area (Å²) in [5.74, 6) is -0.862. The number of hydrogen-bond donors (Lipinski definition) is 2. The van der Waals surface area contributed by atoms with Gasteiger partial charge in [0.25, 0.3) is 0 Å². The van der Waals surface area contributed by atoms with Gasteiger partial charge in [-0.3, -0.25) is 14.1 Å². The van der Waals surface area contributed by atoms with Crippen LogP contribution >= 0.6 is 7.75 Å². The number of aromatic nitrogens is 3. The molecular weight excluding hydrogens is 627 g/mol. The molecule has 1 aliphatic heterocycles. The van der Waals surface area contributed by atoms with Crippen LogP contribution in [0.15, 0.2) is 48.8 Å². The summed E-state index contributed by atoms with van der Waals surface area (Å²) in [5.41, 5.74) is 5.62. The Labute approximate surface area is 272 Å². The summed E-state index contributed by atoms with van der Waals surface area (Å²) in [6, 6.07) is 12.7. The molecule has 0 bridgehead atoms. The molecule has 3 aliphatic rings. The van der Waals surface area contributed by atoms with Crippen molar-refractivity contribution in [3.05, 3.63) is 54.5 Å². The Bertz CT molecular complexity index is 1650. The fourth-order valence-corrected chi connectivity index (χ4v) is 7.91. The number of carbonyl (C=O) groups is 2. The molecule has 4 atom stereocenters. The normalized spacial score (nSPS) is 23.7. The molecule has 2 aliphatic carbocycles. The maximum atomic E-state index is 14.4. The lowest BCUT2D eigenvalue weighted by Gasteiger charge is -2.27. The number of esters is 2. The van der Waals surface area contributed by atoms with Gasteiger partial charge in [-0.15, -0.1) is 0 Å². The molecule has 14 nitrogen and oxygen atoms in total. The lowest BCUT2D eigenvalue weighted by molar-refractivity contribution is -0.157. The van der Waals surface area contributed by atoms with Crippen LogP contribution in [0.25, 0.3) is 5.52 Å². The number of rotatable bonds is 13. The number of benzene rings is 1. The van der Waals surface area contributed by atoms with E-state index in [1.807, 2.05) is 0 Å². The van der Waals surface area contributed by atoms with Gasteiger partial charge in [0.05, 0.1) is 24.8 Å². The minimum atomic E-state index is -4.36. The topological polar surface area (TPSA) is 189 Å². The summed E-state index contributed by atoms with van der Waals surface area (Å²) in [6.07, 6.45) is 7.16.